The molecule has 1 aliphatic rings. The summed E-state index contributed by atoms with van der Waals surface area (Å²) in [7, 11) is 0. The summed E-state index contributed by atoms with van der Waals surface area (Å²) in [6.07, 6.45) is 6.66. The summed E-state index contributed by atoms with van der Waals surface area (Å²) in [5.41, 5.74) is 0.964. The minimum absolute atomic E-state index is 0.635. The first-order valence-electron chi connectivity index (χ1n) is 10.6. The Hall–Kier alpha value is -2.34. The van der Waals surface area contributed by atoms with Crippen molar-refractivity contribution < 1.29 is 4.74 Å². The van der Waals surface area contributed by atoms with Crippen molar-refractivity contribution >= 4 is 17.5 Å². The molecular formula is C22H33N5O. The molecule has 2 aromatic rings. The number of hydrogen-bond donors (Lipinski definition) is 1. The number of nitrogens with one attached hydrogen (secondary N) is 1. The summed E-state index contributed by atoms with van der Waals surface area (Å²) in [6, 6.07) is 10.0. The van der Waals surface area contributed by atoms with E-state index in [0.29, 0.717) is 5.95 Å². The number of benzene rings is 1. The lowest BCUT2D eigenvalue weighted by atomic mass is 10.1. The van der Waals surface area contributed by atoms with Crippen molar-refractivity contribution in [1.29, 1.82) is 0 Å². The Morgan fingerprint density at radius 2 is 1.79 bits per heavy atom. The highest BCUT2D eigenvalue weighted by Gasteiger charge is 2.12. The van der Waals surface area contributed by atoms with Crippen molar-refractivity contribution in [3.63, 3.8) is 0 Å². The van der Waals surface area contributed by atoms with Crippen LogP contribution in [0.25, 0.3) is 0 Å². The van der Waals surface area contributed by atoms with Gasteiger partial charge in [-0.3, -0.25) is 0 Å². The molecule has 6 heteroatoms. The lowest BCUT2D eigenvalue weighted by Gasteiger charge is -2.27. The van der Waals surface area contributed by atoms with Gasteiger partial charge in [-0.25, -0.2) is 4.98 Å². The van der Waals surface area contributed by atoms with E-state index in [-0.39, 0.29) is 0 Å². The van der Waals surface area contributed by atoms with Gasteiger partial charge in [0.15, 0.2) is 0 Å². The molecule has 152 valence electrons. The van der Waals surface area contributed by atoms with Crippen LogP contribution >= 0.6 is 0 Å². The lowest BCUT2D eigenvalue weighted by Crippen LogP contribution is -2.30. The molecule has 0 saturated carbocycles. The summed E-state index contributed by atoms with van der Waals surface area (Å²) in [4.78, 5) is 13.8. The molecule has 6 nitrogen and oxygen atoms in total. The van der Waals surface area contributed by atoms with Gasteiger partial charge < -0.3 is 19.9 Å². The highest BCUT2D eigenvalue weighted by molar-refractivity contribution is 5.56. The normalized spacial score (nSPS) is 14.3. The Balaban J connectivity index is 1.49. The summed E-state index contributed by atoms with van der Waals surface area (Å²) < 4.78 is 5.86. The Labute approximate surface area is 168 Å². The van der Waals surface area contributed by atoms with E-state index in [1.54, 1.807) is 0 Å². The molecule has 1 N–H and O–H groups in total. The molecule has 1 fully saturated rings. The van der Waals surface area contributed by atoms with Gasteiger partial charge in [-0.1, -0.05) is 13.8 Å². The molecule has 0 atom stereocenters. The molecule has 3 rings (SSSR count). The first-order chi connectivity index (χ1) is 13.8. The Morgan fingerprint density at radius 1 is 1.04 bits per heavy atom. The zero-order chi connectivity index (χ0) is 19.6. The lowest BCUT2D eigenvalue weighted by molar-refractivity contribution is 0.249. The van der Waals surface area contributed by atoms with Gasteiger partial charge in [0.1, 0.15) is 11.6 Å². The Bertz CT molecular complexity index is 696. The highest BCUT2D eigenvalue weighted by atomic mass is 16.5. The van der Waals surface area contributed by atoms with Gasteiger partial charge in [-0.2, -0.15) is 4.98 Å². The van der Waals surface area contributed by atoms with Crippen molar-refractivity contribution in [1.82, 2.24) is 14.9 Å². The molecule has 0 aliphatic carbocycles. The van der Waals surface area contributed by atoms with Crippen LogP contribution < -0.4 is 15.0 Å². The number of ether oxygens (including phenoxy) is 1. The number of hydrogen-bond acceptors (Lipinski definition) is 6. The first kappa shape index (κ1) is 20.4. The maximum absolute atomic E-state index is 5.86. The fraction of sp³-hybridized carbons (Fsp3) is 0.545. The van der Waals surface area contributed by atoms with Crippen molar-refractivity contribution in [2.75, 3.05) is 49.5 Å². The number of rotatable bonds is 10. The molecule has 1 aromatic carbocycles. The van der Waals surface area contributed by atoms with Gasteiger partial charge in [0.25, 0.3) is 0 Å². The third-order valence-electron chi connectivity index (χ3n) is 5.21. The number of aromatic nitrogens is 2. The highest BCUT2D eigenvalue weighted by Crippen LogP contribution is 2.21. The zero-order valence-corrected chi connectivity index (χ0v) is 17.2. The van der Waals surface area contributed by atoms with Crippen LogP contribution in [0.15, 0.2) is 36.5 Å². The predicted octanol–water partition coefficient (Wildman–Crippen LogP) is 4.32. The van der Waals surface area contributed by atoms with Crippen LogP contribution in [0.4, 0.5) is 17.5 Å². The van der Waals surface area contributed by atoms with Crippen LogP contribution in [-0.2, 0) is 0 Å². The van der Waals surface area contributed by atoms with Crippen LogP contribution in [-0.4, -0.2) is 54.2 Å². The monoisotopic (exact) mass is 383 g/mol. The molecule has 0 spiro atoms. The predicted molar refractivity (Wildman–Crippen MR) is 116 cm³/mol. The second-order valence-electron chi connectivity index (χ2n) is 7.16. The van der Waals surface area contributed by atoms with Crippen LogP contribution in [0.1, 0.15) is 39.5 Å². The average Bonchev–Trinajstić information content (AvgIpc) is 2.76. The molecule has 28 heavy (non-hydrogen) atoms. The van der Waals surface area contributed by atoms with Crippen molar-refractivity contribution in [2.24, 2.45) is 0 Å². The van der Waals surface area contributed by atoms with Gasteiger partial charge in [-0.15, -0.1) is 0 Å². The van der Waals surface area contributed by atoms with E-state index in [2.05, 4.69) is 38.9 Å². The SMILES string of the molecule is CCN(CC)CCCOc1ccc(Nc2nccc(N3CCCCC3)n2)cc1. The fourth-order valence-corrected chi connectivity index (χ4v) is 3.49. The second-order valence-corrected chi connectivity index (χ2v) is 7.16. The van der Waals surface area contributed by atoms with Crippen LogP contribution in [0.2, 0.25) is 0 Å². The maximum atomic E-state index is 5.86. The van der Waals surface area contributed by atoms with Gasteiger partial charge in [-0.05, 0) is 69.1 Å². The van der Waals surface area contributed by atoms with E-state index < -0.39 is 0 Å². The number of nitrogens with zero attached hydrogens (tertiary/aromatic N) is 4. The molecule has 1 aliphatic heterocycles. The van der Waals surface area contributed by atoms with Crippen LogP contribution in [0.5, 0.6) is 5.75 Å². The summed E-state index contributed by atoms with van der Waals surface area (Å²) in [6.45, 7) is 10.6. The Morgan fingerprint density at radius 3 is 2.50 bits per heavy atom. The van der Waals surface area contributed by atoms with E-state index in [0.717, 1.165) is 63.0 Å². The second kappa shape index (κ2) is 10.9. The Kier molecular flexibility index (Phi) is 7.91. The topological polar surface area (TPSA) is 53.5 Å². The third-order valence-corrected chi connectivity index (χ3v) is 5.21. The smallest absolute Gasteiger partial charge is 0.229 e. The van der Waals surface area contributed by atoms with Gasteiger partial charge in [0, 0.05) is 31.5 Å². The molecule has 1 aromatic heterocycles. The summed E-state index contributed by atoms with van der Waals surface area (Å²) in [5, 5.41) is 3.30. The summed E-state index contributed by atoms with van der Waals surface area (Å²) in [5.74, 6) is 2.54. The zero-order valence-electron chi connectivity index (χ0n) is 17.2. The standard InChI is InChI=1S/C22H33N5O/c1-3-26(4-2)15-8-18-28-20-11-9-19(10-12-20)24-22-23-14-13-21(25-22)27-16-6-5-7-17-27/h9-14H,3-8,15-18H2,1-2H3,(H,23,24,25). The maximum Gasteiger partial charge on any atom is 0.229 e. The van der Waals surface area contributed by atoms with Crippen molar-refractivity contribution in [2.45, 2.75) is 39.5 Å². The molecule has 0 radical (unpaired) electrons. The molecule has 2 heterocycles. The van der Waals surface area contributed by atoms with E-state index in [1.807, 2.05) is 36.5 Å². The fourth-order valence-electron chi connectivity index (χ4n) is 3.49. The molecular weight excluding hydrogens is 350 g/mol. The van der Waals surface area contributed by atoms with Crippen molar-refractivity contribution in [3.05, 3.63) is 36.5 Å². The van der Waals surface area contributed by atoms with Crippen molar-refractivity contribution in [3.8, 4) is 5.75 Å². The largest absolute Gasteiger partial charge is 0.494 e. The van der Waals surface area contributed by atoms with E-state index >= 15 is 0 Å². The average molecular weight is 384 g/mol. The van der Waals surface area contributed by atoms with Gasteiger partial charge >= 0.3 is 0 Å². The molecule has 0 unspecified atom stereocenters. The van der Waals surface area contributed by atoms with E-state index in [1.165, 1.54) is 19.3 Å². The number of anilines is 3. The minimum atomic E-state index is 0.635. The minimum Gasteiger partial charge on any atom is -0.494 e. The summed E-state index contributed by atoms with van der Waals surface area (Å²) >= 11 is 0. The van der Waals surface area contributed by atoms with Crippen LogP contribution in [0, 0.1) is 0 Å². The van der Waals surface area contributed by atoms with E-state index in [9.17, 15) is 0 Å². The molecule has 0 amide bonds. The van der Waals surface area contributed by atoms with Gasteiger partial charge in [0.2, 0.25) is 5.95 Å². The van der Waals surface area contributed by atoms with Crippen LogP contribution in [0.3, 0.4) is 0 Å². The quantitative estimate of drug-likeness (QED) is 0.617. The van der Waals surface area contributed by atoms with E-state index in [4.69, 9.17) is 4.74 Å². The molecule has 0 bridgehead atoms. The van der Waals surface area contributed by atoms with Gasteiger partial charge in [0.05, 0.1) is 6.61 Å². The molecule has 1 saturated heterocycles. The third kappa shape index (κ3) is 6.09. The number of piperidine rings is 1. The first-order valence-corrected chi connectivity index (χ1v) is 10.6.